The number of rotatable bonds is 6. The standard InChI is InChI=1S/C23H17Cl3N2O2S/c1-12-21(13(2)29)22(16-5-3-4-6-18(16)25)17(10-27)23(28-12)31-11-20(30)15-8-7-14(24)9-19(15)26/h3-9,22,28H,11H2,1-2H3/t22-/m0/s1. The number of thioether (sulfide) groups is 1. The zero-order valence-corrected chi connectivity index (χ0v) is 19.7. The Morgan fingerprint density at radius 3 is 2.45 bits per heavy atom. The van der Waals surface area contributed by atoms with E-state index in [0.717, 1.165) is 0 Å². The largest absolute Gasteiger partial charge is 0.353 e. The molecule has 4 nitrogen and oxygen atoms in total. The lowest BCUT2D eigenvalue weighted by atomic mass is 9.81. The number of hydrogen-bond acceptors (Lipinski definition) is 5. The summed E-state index contributed by atoms with van der Waals surface area (Å²) >= 11 is 19.6. The molecule has 31 heavy (non-hydrogen) atoms. The molecular weight excluding hydrogens is 475 g/mol. The number of hydrogen-bond donors (Lipinski definition) is 1. The van der Waals surface area contributed by atoms with Gasteiger partial charge in [0.05, 0.1) is 33.4 Å². The van der Waals surface area contributed by atoms with Gasteiger partial charge < -0.3 is 5.32 Å². The highest BCUT2D eigenvalue weighted by Crippen LogP contribution is 2.43. The summed E-state index contributed by atoms with van der Waals surface area (Å²) < 4.78 is 0. The van der Waals surface area contributed by atoms with Crippen molar-refractivity contribution in [2.75, 3.05) is 5.75 Å². The van der Waals surface area contributed by atoms with Crippen LogP contribution in [0.25, 0.3) is 0 Å². The maximum absolute atomic E-state index is 12.7. The van der Waals surface area contributed by atoms with Gasteiger partial charge in [-0.2, -0.15) is 5.26 Å². The molecule has 3 rings (SSSR count). The van der Waals surface area contributed by atoms with Crippen LogP contribution in [-0.4, -0.2) is 17.3 Å². The number of ketones is 2. The van der Waals surface area contributed by atoms with Crippen molar-refractivity contribution < 1.29 is 9.59 Å². The van der Waals surface area contributed by atoms with Crippen LogP contribution < -0.4 is 5.32 Å². The smallest absolute Gasteiger partial charge is 0.174 e. The van der Waals surface area contributed by atoms with E-state index >= 15 is 0 Å². The molecule has 1 heterocycles. The summed E-state index contributed by atoms with van der Waals surface area (Å²) in [4.78, 5) is 25.1. The van der Waals surface area contributed by atoms with Crippen LogP contribution >= 0.6 is 46.6 Å². The number of nitrogens with zero attached hydrogens (tertiary/aromatic N) is 1. The molecule has 158 valence electrons. The number of carbonyl (C=O) groups excluding carboxylic acids is 2. The van der Waals surface area contributed by atoms with Gasteiger partial charge in [-0.3, -0.25) is 9.59 Å². The van der Waals surface area contributed by atoms with E-state index in [-0.39, 0.29) is 22.3 Å². The Bertz CT molecular complexity index is 1180. The van der Waals surface area contributed by atoms with E-state index in [4.69, 9.17) is 34.8 Å². The van der Waals surface area contributed by atoms with Crippen LogP contribution in [-0.2, 0) is 4.79 Å². The topological polar surface area (TPSA) is 70.0 Å². The van der Waals surface area contributed by atoms with Crippen molar-refractivity contribution in [1.29, 1.82) is 5.26 Å². The first-order valence-corrected chi connectivity index (χ1v) is 11.3. The normalized spacial score (nSPS) is 16.1. The average Bonchev–Trinajstić information content (AvgIpc) is 2.71. The molecule has 0 saturated carbocycles. The molecule has 2 aromatic rings. The molecule has 0 radical (unpaired) electrons. The molecule has 0 spiro atoms. The van der Waals surface area contributed by atoms with Crippen LogP contribution in [0, 0.1) is 11.3 Å². The van der Waals surface area contributed by atoms with E-state index < -0.39 is 5.92 Å². The third kappa shape index (κ3) is 4.99. The summed E-state index contributed by atoms with van der Waals surface area (Å²) in [6, 6.07) is 14.0. The van der Waals surface area contributed by atoms with Crippen LogP contribution in [0.2, 0.25) is 15.1 Å². The zero-order chi connectivity index (χ0) is 22.7. The summed E-state index contributed by atoms with van der Waals surface area (Å²) in [5.74, 6) is -0.927. The predicted octanol–water partition coefficient (Wildman–Crippen LogP) is 6.55. The van der Waals surface area contributed by atoms with Gasteiger partial charge >= 0.3 is 0 Å². The maximum Gasteiger partial charge on any atom is 0.174 e. The number of carbonyl (C=O) groups is 2. The monoisotopic (exact) mass is 490 g/mol. The molecule has 2 aromatic carbocycles. The molecule has 1 atom stereocenters. The third-order valence-electron chi connectivity index (χ3n) is 4.82. The quantitative estimate of drug-likeness (QED) is 0.464. The van der Waals surface area contributed by atoms with E-state index in [1.54, 1.807) is 37.3 Å². The molecule has 1 aliphatic heterocycles. The lowest BCUT2D eigenvalue weighted by molar-refractivity contribution is -0.113. The first-order chi connectivity index (χ1) is 14.7. The number of allylic oxidation sites excluding steroid dienone is 3. The lowest BCUT2D eigenvalue weighted by Gasteiger charge is -2.29. The Morgan fingerprint density at radius 2 is 1.84 bits per heavy atom. The Labute approximate surface area is 199 Å². The molecule has 0 bridgehead atoms. The Morgan fingerprint density at radius 1 is 1.13 bits per heavy atom. The van der Waals surface area contributed by atoms with Crippen LogP contribution in [0.1, 0.15) is 35.7 Å². The maximum atomic E-state index is 12.7. The summed E-state index contributed by atoms with van der Waals surface area (Å²) in [5.41, 5.74) is 2.45. The number of dihydropyridines is 1. The summed E-state index contributed by atoms with van der Waals surface area (Å²) in [6.07, 6.45) is 0. The first-order valence-electron chi connectivity index (χ1n) is 9.23. The molecule has 1 N–H and O–H groups in total. The Kier molecular flexibility index (Phi) is 7.51. The van der Waals surface area contributed by atoms with Crippen molar-refractivity contribution >= 4 is 58.1 Å². The number of nitrogens with one attached hydrogen (secondary N) is 1. The van der Waals surface area contributed by atoms with Gasteiger partial charge in [-0.15, -0.1) is 0 Å². The van der Waals surface area contributed by atoms with Gasteiger partial charge in [-0.1, -0.05) is 64.8 Å². The Hall–Kier alpha value is -2.23. The van der Waals surface area contributed by atoms with Gasteiger partial charge in [0.15, 0.2) is 11.6 Å². The van der Waals surface area contributed by atoms with Crippen molar-refractivity contribution in [3.05, 3.63) is 90.5 Å². The van der Waals surface area contributed by atoms with Crippen LogP contribution in [0.15, 0.2) is 64.3 Å². The van der Waals surface area contributed by atoms with Crippen molar-refractivity contribution in [3.63, 3.8) is 0 Å². The molecular formula is C23H17Cl3N2O2S. The zero-order valence-electron chi connectivity index (χ0n) is 16.6. The molecule has 1 aliphatic rings. The second kappa shape index (κ2) is 9.93. The highest BCUT2D eigenvalue weighted by atomic mass is 35.5. The number of Topliss-reactive ketones (excluding diaryl/α,β-unsaturated/α-hetero) is 2. The number of halogens is 3. The minimum atomic E-state index is -0.617. The van der Waals surface area contributed by atoms with Gasteiger partial charge in [0.1, 0.15) is 0 Å². The lowest BCUT2D eigenvalue weighted by Crippen LogP contribution is -2.27. The second-order valence-electron chi connectivity index (χ2n) is 6.87. The molecule has 0 aromatic heterocycles. The Balaban J connectivity index is 1.98. The first kappa shape index (κ1) is 23.4. The molecule has 0 aliphatic carbocycles. The van der Waals surface area contributed by atoms with Crippen molar-refractivity contribution in [2.45, 2.75) is 19.8 Å². The van der Waals surface area contributed by atoms with Gasteiger partial charge in [0, 0.05) is 26.9 Å². The minimum absolute atomic E-state index is 0.0484. The van der Waals surface area contributed by atoms with Gasteiger partial charge in [0.2, 0.25) is 0 Å². The van der Waals surface area contributed by atoms with Crippen LogP contribution in [0.3, 0.4) is 0 Å². The fourth-order valence-electron chi connectivity index (χ4n) is 3.44. The highest BCUT2D eigenvalue weighted by molar-refractivity contribution is 8.03. The van der Waals surface area contributed by atoms with Crippen LogP contribution in [0.5, 0.6) is 0 Å². The van der Waals surface area contributed by atoms with Crippen molar-refractivity contribution in [1.82, 2.24) is 5.32 Å². The highest BCUT2D eigenvalue weighted by Gasteiger charge is 2.34. The second-order valence-corrected chi connectivity index (χ2v) is 9.10. The molecule has 0 unspecified atom stereocenters. The van der Waals surface area contributed by atoms with E-state index in [0.29, 0.717) is 43.0 Å². The van der Waals surface area contributed by atoms with Crippen molar-refractivity contribution in [3.8, 4) is 6.07 Å². The summed E-state index contributed by atoms with van der Waals surface area (Å²) in [6.45, 7) is 3.23. The summed E-state index contributed by atoms with van der Waals surface area (Å²) in [7, 11) is 0. The van der Waals surface area contributed by atoms with Gasteiger partial charge in [-0.05, 0) is 43.7 Å². The third-order valence-corrected chi connectivity index (χ3v) is 6.73. The minimum Gasteiger partial charge on any atom is -0.353 e. The van der Waals surface area contributed by atoms with E-state index in [2.05, 4.69) is 11.4 Å². The van der Waals surface area contributed by atoms with Gasteiger partial charge in [0.25, 0.3) is 0 Å². The predicted molar refractivity (Wildman–Crippen MR) is 127 cm³/mol. The van der Waals surface area contributed by atoms with Crippen molar-refractivity contribution in [2.24, 2.45) is 0 Å². The van der Waals surface area contributed by atoms with E-state index in [1.165, 1.54) is 24.8 Å². The molecule has 0 saturated heterocycles. The average molecular weight is 492 g/mol. The van der Waals surface area contributed by atoms with E-state index in [1.807, 2.05) is 6.07 Å². The molecule has 0 amide bonds. The van der Waals surface area contributed by atoms with Crippen LogP contribution in [0.4, 0.5) is 0 Å². The number of nitriles is 1. The SMILES string of the molecule is CC(=O)C1=C(C)NC(SCC(=O)c2ccc(Cl)cc2Cl)=C(C#N)[C@@H]1c1ccccc1Cl. The number of benzene rings is 2. The van der Waals surface area contributed by atoms with Gasteiger partial charge in [-0.25, -0.2) is 0 Å². The van der Waals surface area contributed by atoms with E-state index in [9.17, 15) is 14.9 Å². The molecule has 8 heteroatoms. The molecule has 0 fully saturated rings. The fourth-order valence-corrected chi connectivity index (χ4v) is 5.18. The fraction of sp³-hybridized carbons (Fsp3) is 0.174. The summed E-state index contributed by atoms with van der Waals surface area (Å²) in [5, 5.41) is 14.8.